The fourth-order valence-corrected chi connectivity index (χ4v) is 3.67. The monoisotopic (exact) mass is 348 g/mol. The number of benzene rings is 1. The third-order valence-electron chi connectivity index (χ3n) is 2.89. The second-order valence-electron chi connectivity index (χ2n) is 3.97. The molecule has 2 aromatic heterocycles. The van der Waals surface area contributed by atoms with Gasteiger partial charge in [-0.25, -0.2) is 0 Å². The molecule has 98 valence electrons. The average Bonchev–Trinajstić information content (AvgIpc) is 2.83. The van der Waals surface area contributed by atoms with Crippen molar-refractivity contribution in [1.82, 2.24) is 4.98 Å². The van der Waals surface area contributed by atoms with Crippen LogP contribution in [0.5, 0.6) is 0 Å². The van der Waals surface area contributed by atoms with E-state index in [9.17, 15) is 10.1 Å². The number of fused-ring (bicyclic) bond motifs is 3. The number of nitrogens with one attached hydrogen (secondary N) is 1. The van der Waals surface area contributed by atoms with Gasteiger partial charge in [0.15, 0.2) is 0 Å². The van der Waals surface area contributed by atoms with E-state index in [0.717, 1.165) is 9.40 Å². The zero-order valence-electron chi connectivity index (χ0n) is 9.75. The molecule has 3 rings (SSSR count). The summed E-state index contributed by atoms with van der Waals surface area (Å²) in [5.74, 6) is 0. The van der Waals surface area contributed by atoms with Gasteiger partial charge in [0, 0.05) is 44.6 Å². The first kappa shape index (κ1) is 12.8. The minimum absolute atomic E-state index is 0.0247. The molecule has 0 atom stereocenters. The number of pyridine rings is 1. The van der Waals surface area contributed by atoms with Crippen LogP contribution in [0.3, 0.4) is 0 Å². The van der Waals surface area contributed by atoms with E-state index in [1.165, 1.54) is 29.7 Å². The van der Waals surface area contributed by atoms with Crippen LogP contribution in [0.2, 0.25) is 0 Å². The molecule has 1 aromatic carbocycles. The Bertz CT molecular complexity index is 900. The number of anilines is 1. The molecule has 0 unspecified atom stereocenters. The Morgan fingerprint density at radius 2 is 2.30 bits per heavy atom. The number of thiophene rings is 1. The second-order valence-corrected chi connectivity index (χ2v) is 5.42. The molecule has 8 heteroatoms. The third-order valence-corrected chi connectivity index (χ3v) is 4.46. The number of hydrogen-bond donors (Lipinski definition) is 1. The minimum Gasteiger partial charge on any atom is -0.320 e. The van der Waals surface area contributed by atoms with E-state index in [0.29, 0.717) is 22.2 Å². The topological polar surface area (TPSA) is 91.8 Å². The first-order chi connectivity index (χ1) is 9.65. The molecule has 0 amide bonds. The van der Waals surface area contributed by atoms with Gasteiger partial charge < -0.3 is 4.34 Å². The summed E-state index contributed by atoms with van der Waals surface area (Å²) in [5.41, 5.74) is 1.71. The Labute approximate surface area is 125 Å². The molecular formula is C12H5BrN4O2S. The Kier molecular flexibility index (Phi) is 3.00. The molecule has 0 saturated heterocycles. The van der Waals surface area contributed by atoms with E-state index in [1.807, 2.05) is 0 Å². The van der Waals surface area contributed by atoms with Gasteiger partial charge in [-0.3, -0.25) is 15.1 Å². The molecule has 0 aliphatic rings. The molecule has 0 spiro atoms. The van der Waals surface area contributed by atoms with Crippen molar-refractivity contribution in [2.24, 2.45) is 0 Å². The summed E-state index contributed by atoms with van der Waals surface area (Å²) in [5, 5.41) is 20.6. The van der Waals surface area contributed by atoms with Crippen LogP contribution in [0.4, 0.5) is 11.4 Å². The van der Waals surface area contributed by atoms with Crippen molar-refractivity contribution in [3.8, 4) is 6.07 Å². The van der Waals surface area contributed by atoms with E-state index in [1.54, 1.807) is 6.07 Å². The first-order valence-electron chi connectivity index (χ1n) is 5.42. The predicted octanol–water partition coefficient (Wildman–Crippen LogP) is 3.95. The maximum absolute atomic E-state index is 10.9. The van der Waals surface area contributed by atoms with Gasteiger partial charge in [0.1, 0.15) is 6.07 Å². The molecule has 0 radical (unpaired) electrons. The highest BCUT2D eigenvalue weighted by Gasteiger charge is 2.16. The SMILES string of the molecule is N#Cc1cnc2c(sc3ccc([N+](=O)[O-])cc32)c1NBr. The highest BCUT2D eigenvalue weighted by atomic mass is 79.9. The second kappa shape index (κ2) is 4.70. The lowest BCUT2D eigenvalue weighted by Crippen LogP contribution is -1.89. The molecule has 6 nitrogen and oxygen atoms in total. The molecule has 0 fully saturated rings. The zero-order chi connectivity index (χ0) is 14.3. The number of nitro benzene ring substituents is 1. The fourth-order valence-electron chi connectivity index (χ4n) is 1.98. The summed E-state index contributed by atoms with van der Waals surface area (Å²) in [6.07, 6.45) is 1.46. The zero-order valence-corrected chi connectivity index (χ0v) is 12.2. The number of nitriles is 1. The van der Waals surface area contributed by atoms with Gasteiger partial charge in [-0.1, -0.05) is 0 Å². The van der Waals surface area contributed by atoms with Crippen LogP contribution in [-0.2, 0) is 0 Å². The lowest BCUT2D eigenvalue weighted by Gasteiger charge is -2.01. The Morgan fingerprint density at radius 1 is 1.50 bits per heavy atom. The maximum atomic E-state index is 10.9. The average molecular weight is 349 g/mol. The Morgan fingerprint density at radius 3 is 2.95 bits per heavy atom. The highest BCUT2D eigenvalue weighted by molar-refractivity contribution is 9.10. The van der Waals surface area contributed by atoms with Gasteiger partial charge in [-0.2, -0.15) is 5.26 Å². The standard InChI is InChI=1S/C12H5BrN4O2S/c13-16-10-6(4-14)5-15-11-8-3-7(17(18)19)1-2-9(8)20-12(10)11/h1-3,5H,(H,15,16). The molecule has 3 aromatic rings. The molecule has 0 bridgehead atoms. The van der Waals surface area contributed by atoms with E-state index < -0.39 is 4.92 Å². The Hall–Kier alpha value is -2.24. The quantitative estimate of drug-likeness (QED) is 0.430. The van der Waals surface area contributed by atoms with E-state index in [2.05, 4.69) is 31.5 Å². The Balaban J connectivity index is 2.43. The summed E-state index contributed by atoms with van der Waals surface area (Å²) < 4.78 is 4.49. The van der Waals surface area contributed by atoms with Gasteiger partial charge >= 0.3 is 0 Å². The molecule has 0 aliphatic carbocycles. The number of hydrogen-bond acceptors (Lipinski definition) is 6. The van der Waals surface area contributed by atoms with Crippen molar-refractivity contribution in [3.63, 3.8) is 0 Å². The first-order valence-corrected chi connectivity index (χ1v) is 7.03. The lowest BCUT2D eigenvalue weighted by molar-refractivity contribution is -0.384. The van der Waals surface area contributed by atoms with E-state index >= 15 is 0 Å². The number of rotatable bonds is 2. The number of nitro groups is 1. The fraction of sp³-hybridized carbons (Fsp3) is 0. The number of nitrogens with zero attached hydrogens (tertiary/aromatic N) is 3. The highest BCUT2D eigenvalue weighted by Crippen LogP contribution is 2.39. The maximum Gasteiger partial charge on any atom is 0.270 e. The molecule has 20 heavy (non-hydrogen) atoms. The number of halogens is 1. The van der Waals surface area contributed by atoms with E-state index in [-0.39, 0.29) is 5.69 Å². The summed E-state index contributed by atoms with van der Waals surface area (Å²) in [6, 6.07) is 6.72. The van der Waals surface area contributed by atoms with Gasteiger partial charge in [0.05, 0.1) is 26.4 Å². The normalized spacial score (nSPS) is 10.6. The molecule has 0 aliphatic heterocycles. The van der Waals surface area contributed by atoms with Crippen molar-refractivity contribution in [2.75, 3.05) is 4.34 Å². The van der Waals surface area contributed by atoms with Crippen molar-refractivity contribution < 1.29 is 4.92 Å². The van der Waals surface area contributed by atoms with Crippen LogP contribution < -0.4 is 4.34 Å². The van der Waals surface area contributed by atoms with Crippen LogP contribution >= 0.6 is 27.5 Å². The van der Waals surface area contributed by atoms with Gasteiger partial charge in [0.2, 0.25) is 0 Å². The third kappa shape index (κ3) is 1.79. The summed E-state index contributed by atoms with van der Waals surface area (Å²) in [7, 11) is 0. The largest absolute Gasteiger partial charge is 0.320 e. The number of non-ortho nitro benzene ring substituents is 1. The van der Waals surface area contributed by atoms with Crippen LogP contribution in [0, 0.1) is 21.4 Å². The van der Waals surface area contributed by atoms with Crippen molar-refractivity contribution in [1.29, 1.82) is 5.26 Å². The molecule has 0 saturated carbocycles. The number of aromatic nitrogens is 1. The molecular weight excluding hydrogens is 344 g/mol. The smallest absolute Gasteiger partial charge is 0.270 e. The predicted molar refractivity (Wildman–Crippen MR) is 81.0 cm³/mol. The summed E-state index contributed by atoms with van der Waals surface area (Å²) in [6.45, 7) is 0. The van der Waals surface area contributed by atoms with E-state index in [4.69, 9.17) is 5.26 Å². The van der Waals surface area contributed by atoms with Crippen LogP contribution in [0.25, 0.3) is 20.3 Å². The van der Waals surface area contributed by atoms with Gasteiger partial charge in [-0.05, 0) is 6.07 Å². The minimum atomic E-state index is -0.434. The van der Waals surface area contributed by atoms with Crippen LogP contribution in [0.1, 0.15) is 5.56 Å². The summed E-state index contributed by atoms with van der Waals surface area (Å²) >= 11 is 4.57. The molecule has 2 heterocycles. The van der Waals surface area contributed by atoms with Crippen molar-refractivity contribution >= 4 is 59.2 Å². The van der Waals surface area contributed by atoms with Crippen LogP contribution in [0.15, 0.2) is 24.4 Å². The van der Waals surface area contributed by atoms with Gasteiger partial charge in [0.25, 0.3) is 5.69 Å². The van der Waals surface area contributed by atoms with Crippen molar-refractivity contribution in [3.05, 3.63) is 40.1 Å². The molecule has 1 N–H and O–H groups in total. The van der Waals surface area contributed by atoms with Gasteiger partial charge in [-0.15, -0.1) is 11.3 Å². The van der Waals surface area contributed by atoms with Crippen molar-refractivity contribution in [2.45, 2.75) is 0 Å². The lowest BCUT2D eigenvalue weighted by atomic mass is 10.2. The van der Waals surface area contributed by atoms with Crippen LogP contribution in [-0.4, -0.2) is 9.91 Å². The summed E-state index contributed by atoms with van der Waals surface area (Å²) in [4.78, 5) is 14.7.